The average molecular weight is 243 g/mol. The normalized spacial score (nSPS) is 11.4. The Balaban J connectivity index is 0.00000225. The minimum atomic E-state index is 0. The van der Waals surface area contributed by atoms with Gasteiger partial charge in [0.15, 0.2) is 0 Å². The minimum Gasteiger partial charge on any atom is -0.352 e. The van der Waals surface area contributed by atoms with Gasteiger partial charge in [-0.25, -0.2) is 0 Å². The van der Waals surface area contributed by atoms with E-state index in [0.717, 1.165) is 6.42 Å². The fraction of sp³-hybridized carbons (Fsp3) is 0.417. The Morgan fingerprint density at radius 2 is 2.00 bits per heavy atom. The second kappa shape index (κ2) is 8.13. The van der Waals surface area contributed by atoms with Crippen LogP contribution >= 0.6 is 12.4 Å². The van der Waals surface area contributed by atoms with E-state index in [-0.39, 0.29) is 24.4 Å². The van der Waals surface area contributed by atoms with Gasteiger partial charge in [0.1, 0.15) is 0 Å². The zero-order valence-electron chi connectivity index (χ0n) is 9.48. The third-order valence-corrected chi connectivity index (χ3v) is 2.24. The first-order chi connectivity index (χ1) is 7.22. The Morgan fingerprint density at radius 1 is 1.38 bits per heavy atom. The molecule has 3 N–H and O–H groups in total. The molecule has 0 fully saturated rings. The summed E-state index contributed by atoms with van der Waals surface area (Å²) in [5, 5.41) is 2.84. The van der Waals surface area contributed by atoms with Gasteiger partial charge in [0.25, 0.3) is 0 Å². The Labute approximate surface area is 103 Å². The van der Waals surface area contributed by atoms with Gasteiger partial charge in [-0.2, -0.15) is 0 Å². The fourth-order valence-corrected chi connectivity index (χ4v) is 1.31. The van der Waals surface area contributed by atoms with Crippen molar-refractivity contribution in [3.63, 3.8) is 0 Å². The largest absolute Gasteiger partial charge is 0.352 e. The molecule has 0 bridgehead atoms. The van der Waals surface area contributed by atoms with Crippen LogP contribution in [0.1, 0.15) is 18.9 Å². The van der Waals surface area contributed by atoms with Gasteiger partial charge in [0.05, 0.1) is 0 Å². The van der Waals surface area contributed by atoms with Crippen LogP contribution in [0.4, 0.5) is 0 Å². The van der Waals surface area contributed by atoms with Crippen LogP contribution in [0.5, 0.6) is 0 Å². The third kappa shape index (κ3) is 5.73. The van der Waals surface area contributed by atoms with Gasteiger partial charge >= 0.3 is 0 Å². The second-order valence-electron chi connectivity index (χ2n) is 3.69. The lowest BCUT2D eigenvalue weighted by Gasteiger charge is -2.10. The summed E-state index contributed by atoms with van der Waals surface area (Å²) in [5.74, 6) is 0.0665. The summed E-state index contributed by atoms with van der Waals surface area (Å²) in [5.41, 5.74) is 6.60. The quantitative estimate of drug-likeness (QED) is 0.822. The molecular weight excluding hydrogens is 224 g/mol. The van der Waals surface area contributed by atoms with Crippen LogP contribution in [-0.4, -0.2) is 18.5 Å². The fourth-order valence-electron chi connectivity index (χ4n) is 1.31. The molecule has 0 aromatic heterocycles. The van der Waals surface area contributed by atoms with Gasteiger partial charge in [-0.1, -0.05) is 30.3 Å². The van der Waals surface area contributed by atoms with Gasteiger partial charge in [-0.05, 0) is 18.9 Å². The molecule has 1 rings (SSSR count). The number of amides is 1. The minimum absolute atomic E-state index is 0. The van der Waals surface area contributed by atoms with E-state index in [1.54, 1.807) is 0 Å². The highest BCUT2D eigenvalue weighted by Crippen LogP contribution is 2.02. The molecule has 0 aliphatic rings. The van der Waals surface area contributed by atoms with Crippen molar-refractivity contribution in [2.75, 3.05) is 6.54 Å². The molecule has 0 unspecified atom stereocenters. The standard InChI is InChI=1S/C12H18N2O.ClH/c1-10(9-13)14-12(15)8-7-11-5-3-2-4-6-11;/h2-6,10H,7-9,13H2,1H3,(H,14,15);1H/t10-;/m1./s1. The van der Waals surface area contributed by atoms with Crippen LogP contribution in [0.2, 0.25) is 0 Å². The van der Waals surface area contributed by atoms with Crippen LogP contribution in [0.15, 0.2) is 30.3 Å². The molecule has 0 aliphatic carbocycles. The van der Waals surface area contributed by atoms with Crippen LogP contribution in [-0.2, 0) is 11.2 Å². The van der Waals surface area contributed by atoms with Gasteiger partial charge in [0.2, 0.25) is 5.91 Å². The lowest BCUT2D eigenvalue weighted by atomic mass is 10.1. The van der Waals surface area contributed by atoms with Crippen molar-refractivity contribution in [2.45, 2.75) is 25.8 Å². The highest BCUT2D eigenvalue weighted by Gasteiger charge is 2.05. The lowest BCUT2D eigenvalue weighted by Crippen LogP contribution is -2.37. The van der Waals surface area contributed by atoms with Gasteiger partial charge in [0, 0.05) is 19.0 Å². The summed E-state index contributed by atoms with van der Waals surface area (Å²) in [6.45, 7) is 2.39. The summed E-state index contributed by atoms with van der Waals surface area (Å²) in [7, 11) is 0. The topological polar surface area (TPSA) is 55.1 Å². The van der Waals surface area contributed by atoms with Crippen molar-refractivity contribution < 1.29 is 4.79 Å². The summed E-state index contributed by atoms with van der Waals surface area (Å²) < 4.78 is 0. The second-order valence-corrected chi connectivity index (χ2v) is 3.69. The number of nitrogens with two attached hydrogens (primary N) is 1. The predicted octanol–water partition coefficient (Wildman–Crippen LogP) is 1.50. The van der Waals surface area contributed by atoms with Crippen molar-refractivity contribution in [1.82, 2.24) is 5.32 Å². The smallest absolute Gasteiger partial charge is 0.220 e. The summed E-state index contributed by atoms with van der Waals surface area (Å²) in [6, 6.07) is 10.1. The van der Waals surface area contributed by atoms with Crippen LogP contribution in [0.3, 0.4) is 0 Å². The maximum absolute atomic E-state index is 11.4. The number of carbonyl (C=O) groups is 1. The van der Waals surface area contributed by atoms with Crippen molar-refractivity contribution in [3.05, 3.63) is 35.9 Å². The summed E-state index contributed by atoms with van der Waals surface area (Å²) in [6.07, 6.45) is 1.30. The monoisotopic (exact) mass is 242 g/mol. The van der Waals surface area contributed by atoms with E-state index in [2.05, 4.69) is 5.32 Å². The van der Waals surface area contributed by atoms with E-state index >= 15 is 0 Å². The van der Waals surface area contributed by atoms with Crippen molar-refractivity contribution >= 4 is 18.3 Å². The van der Waals surface area contributed by atoms with Gasteiger partial charge < -0.3 is 11.1 Å². The summed E-state index contributed by atoms with van der Waals surface area (Å²) >= 11 is 0. The Kier molecular flexibility index (Phi) is 7.60. The number of halogens is 1. The maximum atomic E-state index is 11.4. The van der Waals surface area contributed by atoms with Gasteiger partial charge in [-0.3, -0.25) is 4.79 Å². The van der Waals surface area contributed by atoms with E-state index < -0.39 is 0 Å². The first-order valence-corrected chi connectivity index (χ1v) is 5.25. The molecule has 0 saturated carbocycles. The van der Waals surface area contributed by atoms with E-state index in [9.17, 15) is 4.79 Å². The molecule has 1 amide bonds. The number of hydrogen-bond acceptors (Lipinski definition) is 2. The molecule has 3 nitrogen and oxygen atoms in total. The van der Waals surface area contributed by atoms with E-state index in [4.69, 9.17) is 5.73 Å². The first kappa shape index (κ1) is 14.9. The van der Waals surface area contributed by atoms with Crippen LogP contribution in [0.25, 0.3) is 0 Å². The van der Waals surface area contributed by atoms with Crippen LogP contribution in [0, 0.1) is 0 Å². The predicted molar refractivity (Wildman–Crippen MR) is 68.7 cm³/mol. The van der Waals surface area contributed by atoms with E-state index in [0.29, 0.717) is 13.0 Å². The molecule has 1 aromatic rings. The third-order valence-electron chi connectivity index (χ3n) is 2.24. The molecule has 1 atom stereocenters. The molecule has 0 heterocycles. The zero-order chi connectivity index (χ0) is 11.1. The van der Waals surface area contributed by atoms with E-state index in [1.165, 1.54) is 5.56 Å². The molecule has 0 aliphatic heterocycles. The number of hydrogen-bond donors (Lipinski definition) is 2. The molecule has 90 valence electrons. The molecule has 0 radical (unpaired) electrons. The first-order valence-electron chi connectivity index (χ1n) is 5.25. The number of benzene rings is 1. The molecule has 0 spiro atoms. The van der Waals surface area contributed by atoms with Crippen molar-refractivity contribution in [3.8, 4) is 0 Å². The van der Waals surface area contributed by atoms with Crippen molar-refractivity contribution in [1.29, 1.82) is 0 Å². The SMILES string of the molecule is C[C@H](CN)NC(=O)CCc1ccccc1.Cl. The summed E-state index contributed by atoms with van der Waals surface area (Å²) in [4.78, 5) is 11.4. The average Bonchev–Trinajstić information content (AvgIpc) is 2.27. The van der Waals surface area contributed by atoms with Crippen molar-refractivity contribution in [2.24, 2.45) is 5.73 Å². The van der Waals surface area contributed by atoms with Crippen LogP contribution < -0.4 is 11.1 Å². The van der Waals surface area contributed by atoms with E-state index in [1.807, 2.05) is 37.3 Å². The highest BCUT2D eigenvalue weighted by molar-refractivity contribution is 5.85. The number of aryl methyl sites for hydroxylation is 1. The zero-order valence-corrected chi connectivity index (χ0v) is 10.3. The number of carbonyl (C=O) groups excluding carboxylic acids is 1. The Morgan fingerprint density at radius 3 is 2.56 bits per heavy atom. The molecule has 1 aromatic carbocycles. The highest BCUT2D eigenvalue weighted by atomic mass is 35.5. The molecule has 16 heavy (non-hydrogen) atoms. The number of nitrogens with one attached hydrogen (secondary N) is 1. The Hall–Kier alpha value is -1.06. The lowest BCUT2D eigenvalue weighted by molar-refractivity contribution is -0.121. The van der Waals surface area contributed by atoms with Gasteiger partial charge in [-0.15, -0.1) is 12.4 Å². The number of rotatable bonds is 5. The molecule has 4 heteroatoms. The molecular formula is C12H19ClN2O. The Bertz CT molecular complexity index is 303. The molecule has 0 saturated heterocycles. The maximum Gasteiger partial charge on any atom is 0.220 e.